The minimum atomic E-state index is -0.159. The molecule has 6 heteroatoms. The van der Waals surface area contributed by atoms with Crippen molar-refractivity contribution < 1.29 is 5.11 Å². The predicted octanol–water partition coefficient (Wildman–Crippen LogP) is 2.53. The van der Waals surface area contributed by atoms with Crippen molar-refractivity contribution in [2.75, 3.05) is 6.26 Å². The van der Waals surface area contributed by atoms with Crippen LogP contribution in [0.15, 0.2) is 35.6 Å². The van der Waals surface area contributed by atoms with Gasteiger partial charge in [0.1, 0.15) is 6.33 Å². The number of nitrogens with zero attached hydrogens (tertiary/aromatic N) is 4. The molecule has 0 saturated heterocycles. The number of hydrogen-bond donors (Lipinski definition) is 1. The van der Waals surface area contributed by atoms with E-state index in [2.05, 4.69) is 40.4 Å². The van der Waals surface area contributed by atoms with Crippen LogP contribution in [0.25, 0.3) is 16.8 Å². The fourth-order valence-corrected chi connectivity index (χ4v) is 2.64. The highest BCUT2D eigenvalue weighted by Gasteiger charge is 2.11. The highest BCUT2D eigenvalue weighted by atomic mass is 32.2. The number of aromatic hydroxyl groups is 1. The molecule has 19 heavy (non-hydrogen) atoms. The maximum atomic E-state index is 9.61. The molecule has 2 aromatic heterocycles. The van der Waals surface area contributed by atoms with Gasteiger partial charge in [-0.3, -0.25) is 0 Å². The maximum absolute atomic E-state index is 9.61. The third-order valence-corrected chi connectivity index (χ3v) is 3.89. The zero-order valence-corrected chi connectivity index (χ0v) is 11.3. The highest BCUT2D eigenvalue weighted by molar-refractivity contribution is 7.98. The predicted molar refractivity (Wildman–Crippen MR) is 74.4 cm³/mol. The van der Waals surface area contributed by atoms with Gasteiger partial charge in [-0.05, 0) is 30.4 Å². The Morgan fingerprint density at radius 1 is 1.26 bits per heavy atom. The molecule has 0 fully saturated rings. The normalized spacial score (nSPS) is 11.1. The van der Waals surface area contributed by atoms with Gasteiger partial charge >= 0.3 is 6.01 Å². The Balaban J connectivity index is 2.19. The molecule has 0 radical (unpaired) electrons. The summed E-state index contributed by atoms with van der Waals surface area (Å²) in [6.07, 6.45) is 5.08. The van der Waals surface area contributed by atoms with Crippen LogP contribution in [0.3, 0.4) is 0 Å². The molecule has 2 heterocycles. The standard InChI is InChI=1S/C13H12N4OS/c1-8-5-9(3-4-11(8)19-2)10-6-16-17-12(10)14-7-15-13(17)18/h3-7H,1-2H3,(H,14,15,18). The van der Waals surface area contributed by atoms with Gasteiger partial charge in [-0.1, -0.05) is 12.1 Å². The first-order chi connectivity index (χ1) is 9.20. The molecule has 3 aromatic rings. The largest absolute Gasteiger partial charge is 0.479 e. The van der Waals surface area contributed by atoms with E-state index in [0.717, 1.165) is 11.1 Å². The van der Waals surface area contributed by atoms with Gasteiger partial charge in [-0.25, -0.2) is 4.98 Å². The molecule has 0 saturated carbocycles. The molecule has 1 N–H and O–H groups in total. The van der Waals surface area contributed by atoms with Crippen molar-refractivity contribution in [2.24, 2.45) is 0 Å². The number of hydrogen-bond acceptors (Lipinski definition) is 5. The van der Waals surface area contributed by atoms with Crippen LogP contribution in [-0.2, 0) is 0 Å². The lowest BCUT2D eigenvalue weighted by Crippen LogP contribution is -1.93. The van der Waals surface area contributed by atoms with Crippen LogP contribution in [0.5, 0.6) is 6.01 Å². The summed E-state index contributed by atoms with van der Waals surface area (Å²) in [4.78, 5) is 9.12. The fraction of sp³-hybridized carbons (Fsp3) is 0.154. The summed E-state index contributed by atoms with van der Waals surface area (Å²) in [6, 6.07) is 6.06. The van der Waals surface area contributed by atoms with Crippen LogP contribution in [0.4, 0.5) is 0 Å². The lowest BCUT2D eigenvalue weighted by Gasteiger charge is -2.05. The Labute approximate surface area is 114 Å². The second-order valence-corrected chi connectivity index (χ2v) is 5.00. The van der Waals surface area contributed by atoms with E-state index < -0.39 is 0 Å². The fourth-order valence-electron chi connectivity index (χ4n) is 2.05. The lowest BCUT2D eigenvalue weighted by molar-refractivity contribution is 0.411. The Hall–Kier alpha value is -2.08. The summed E-state index contributed by atoms with van der Waals surface area (Å²) in [5.74, 6) is 0. The van der Waals surface area contributed by atoms with Crippen LogP contribution < -0.4 is 0 Å². The first-order valence-electron chi connectivity index (χ1n) is 5.73. The van der Waals surface area contributed by atoms with E-state index >= 15 is 0 Å². The van der Waals surface area contributed by atoms with Gasteiger partial charge in [-0.15, -0.1) is 11.8 Å². The van der Waals surface area contributed by atoms with E-state index in [1.807, 2.05) is 6.07 Å². The zero-order valence-electron chi connectivity index (χ0n) is 10.5. The average Bonchev–Trinajstić information content (AvgIpc) is 2.84. The second-order valence-electron chi connectivity index (χ2n) is 4.15. The molecule has 0 atom stereocenters. The van der Waals surface area contributed by atoms with Crippen molar-refractivity contribution in [1.82, 2.24) is 19.6 Å². The third kappa shape index (κ3) is 1.94. The summed E-state index contributed by atoms with van der Waals surface area (Å²) in [6.45, 7) is 2.08. The molecule has 0 aliphatic rings. The SMILES string of the molecule is CSc1ccc(-c2cnn3c(O)ncnc23)cc1C. The third-order valence-electron chi connectivity index (χ3n) is 2.99. The van der Waals surface area contributed by atoms with Crippen molar-refractivity contribution in [2.45, 2.75) is 11.8 Å². The van der Waals surface area contributed by atoms with Crippen LogP contribution in [0.1, 0.15) is 5.56 Å². The van der Waals surface area contributed by atoms with E-state index in [0.29, 0.717) is 5.65 Å². The van der Waals surface area contributed by atoms with Crippen molar-refractivity contribution in [3.8, 4) is 17.1 Å². The lowest BCUT2D eigenvalue weighted by atomic mass is 10.1. The molecule has 0 spiro atoms. The number of aryl methyl sites for hydroxylation is 1. The first-order valence-corrected chi connectivity index (χ1v) is 6.96. The molecule has 0 unspecified atom stereocenters. The molecule has 0 amide bonds. The quantitative estimate of drug-likeness (QED) is 0.726. The summed E-state index contributed by atoms with van der Waals surface area (Å²) >= 11 is 1.72. The number of thioether (sulfide) groups is 1. The topological polar surface area (TPSA) is 63.3 Å². The summed E-state index contributed by atoms with van der Waals surface area (Å²) in [7, 11) is 0. The monoisotopic (exact) mass is 272 g/mol. The zero-order chi connectivity index (χ0) is 13.4. The van der Waals surface area contributed by atoms with E-state index in [1.165, 1.54) is 21.3 Å². The smallest absolute Gasteiger partial charge is 0.318 e. The van der Waals surface area contributed by atoms with Gasteiger partial charge in [-0.2, -0.15) is 14.6 Å². The van der Waals surface area contributed by atoms with Gasteiger partial charge in [0.15, 0.2) is 5.65 Å². The Morgan fingerprint density at radius 3 is 2.84 bits per heavy atom. The van der Waals surface area contributed by atoms with Crippen LogP contribution in [0.2, 0.25) is 0 Å². The molecule has 1 aromatic carbocycles. The Kier molecular flexibility index (Phi) is 2.87. The molecule has 3 rings (SSSR count). The molecular formula is C13H12N4OS. The molecule has 0 aliphatic heterocycles. The minimum absolute atomic E-state index is 0.159. The van der Waals surface area contributed by atoms with Crippen LogP contribution >= 0.6 is 11.8 Å². The Bertz CT molecular complexity index is 753. The number of benzene rings is 1. The van der Waals surface area contributed by atoms with Crippen molar-refractivity contribution in [1.29, 1.82) is 0 Å². The van der Waals surface area contributed by atoms with E-state index in [9.17, 15) is 5.11 Å². The molecule has 96 valence electrons. The first kappa shape index (κ1) is 12.0. The number of rotatable bonds is 2. The second kappa shape index (κ2) is 4.55. The summed E-state index contributed by atoms with van der Waals surface area (Å²) in [5, 5.41) is 13.7. The summed E-state index contributed by atoms with van der Waals surface area (Å²) in [5.41, 5.74) is 3.73. The van der Waals surface area contributed by atoms with E-state index in [4.69, 9.17) is 0 Å². The van der Waals surface area contributed by atoms with E-state index in [1.54, 1.807) is 18.0 Å². The minimum Gasteiger partial charge on any atom is -0.479 e. The molecule has 0 bridgehead atoms. The van der Waals surface area contributed by atoms with Gasteiger partial charge < -0.3 is 5.11 Å². The molecule has 5 nitrogen and oxygen atoms in total. The Morgan fingerprint density at radius 2 is 2.11 bits per heavy atom. The van der Waals surface area contributed by atoms with Crippen molar-refractivity contribution >= 4 is 17.4 Å². The number of aromatic nitrogens is 4. The van der Waals surface area contributed by atoms with Gasteiger partial charge in [0, 0.05) is 10.5 Å². The highest BCUT2D eigenvalue weighted by Crippen LogP contribution is 2.29. The van der Waals surface area contributed by atoms with E-state index in [-0.39, 0.29) is 6.01 Å². The van der Waals surface area contributed by atoms with Gasteiger partial charge in [0.2, 0.25) is 0 Å². The van der Waals surface area contributed by atoms with Crippen molar-refractivity contribution in [3.05, 3.63) is 36.3 Å². The summed E-state index contributed by atoms with van der Waals surface area (Å²) < 4.78 is 1.33. The van der Waals surface area contributed by atoms with Gasteiger partial charge in [0.05, 0.1) is 6.20 Å². The van der Waals surface area contributed by atoms with Crippen LogP contribution in [0, 0.1) is 6.92 Å². The molecule has 0 aliphatic carbocycles. The number of fused-ring (bicyclic) bond motifs is 1. The molecular weight excluding hydrogens is 260 g/mol. The van der Waals surface area contributed by atoms with Gasteiger partial charge in [0.25, 0.3) is 0 Å². The average molecular weight is 272 g/mol. The maximum Gasteiger partial charge on any atom is 0.318 e. The van der Waals surface area contributed by atoms with Crippen molar-refractivity contribution in [3.63, 3.8) is 0 Å². The van der Waals surface area contributed by atoms with Crippen LogP contribution in [-0.4, -0.2) is 30.9 Å².